The van der Waals surface area contributed by atoms with Gasteiger partial charge in [0.2, 0.25) is 0 Å². The lowest BCUT2D eigenvalue weighted by molar-refractivity contribution is -0.144. The number of ether oxygens (including phenoxy) is 2. The Morgan fingerprint density at radius 2 is 1.47 bits per heavy atom. The molecule has 0 bridgehead atoms. The summed E-state index contributed by atoms with van der Waals surface area (Å²) in [5, 5.41) is 10.8. The number of nitrogens with one attached hydrogen (secondary N) is 1. The molecule has 0 radical (unpaired) electrons. The van der Waals surface area contributed by atoms with Gasteiger partial charge in [0.15, 0.2) is 6.04 Å². The summed E-state index contributed by atoms with van der Waals surface area (Å²) in [5.74, 6) is -1.27. The molecule has 1 atom stereocenters. The van der Waals surface area contributed by atoms with Crippen LogP contribution in [0.15, 0.2) is 60.7 Å². The van der Waals surface area contributed by atoms with Crippen LogP contribution in [-0.2, 0) is 27.5 Å². The first-order chi connectivity index (χ1) is 14.5. The molecular formula is C21H23BrN2O6. The predicted molar refractivity (Wildman–Crippen MR) is 113 cm³/mol. The Morgan fingerprint density at radius 3 is 1.97 bits per heavy atom. The molecule has 2 amide bonds. The summed E-state index contributed by atoms with van der Waals surface area (Å²) in [4.78, 5) is 36.5. The Kier molecular flexibility index (Phi) is 9.66. The van der Waals surface area contributed by atoms with Gasteiger partial charge in [0, 0.05) is 5.33 Å². The van der Waals surface area contributed by atoms with Gasteiger partial charge in [-0.25, -0.2) is 24.8 Å². The van der Waals surface area contributed by atoms with Gasteiger partial charge >= 0.3 is 18.2 Å². The number of amides is 2. The highest BCUT2D eigenvalue weighted by Crippen LogP contribution is 2.11. The standard InChI is InChI=1S/C21H23BrN2O6/c22-13-7-12-18(19(25)26)24(21(28)30-15-17-10-5-2-6-11-17)23-20(27)29-14-16-8-3-1-4-9-16/h1-6,8-11,18H,7,12-15H2,(H,23,27)(H,25,26)/t18-/m0/s1. The summed E-state index contributed by atoms with van der Waals surface area (Å²) in [5.41, 5.74) is 3.69. The van der Waals surface area contributed by atoms with Gasteiger partial charge in [-0.3, -0.25) is 0 Å². The number of alkyl halides is 1. The molecular weight excluding hydrogens is 456 g/mol. The van der Waals surface area contributed by atoms with E-state index in [-0.39, 0.29) is 19.6 Å². The number of benzene rings is 2. The Labute approximate surface area is 182 Å². The number of carboxylic acid groups (broad SMARTS) is 1. The van der Waals surface area contributed by atoms with E-state index in [0.717, 1.165) is 11.1 Å². The minimum Gasteiger partial charge on any atom is -0.480 e. The highest BCUT2D eigenvalue weighted by Gasteiger charge is 2.32. The van der Waals surface area contributed by atoms with Crippen LogP contribution in [0.5, 0.6) is 0 Å². The molecule has 2 aromatic carbocycles. The summed E-state index contributed by atoms with van der Waals surface area (Å²) < 4.78 is 10.3. The first kappa shape index (κ1) is 23.2. The highest BCUT2D eigenvalue weighted by atomic mass is 79.9. The van der Waals surface area contributed by atoms with E-state index >= 15 is 0 Å². The number of carbonyl (C=O) groups is 3. The summed E-state index contributed by atoms with van der Waals surface area (Å²) in [7, 11) is 0. The van der Waals surface area contributed by atoms with Gasteiger partial charge in [-0.2, -0.15) is 0 Å². The number of aliphatic carboxylic acids is 1. The van der Waals surface area contributed by atoms with Crippen molar-refractivity contribution < 1.29 is 29.0 Å². The van der Waals surface area contributed by atoms with E-state index in [9.17, 15) is 19.5 Å². The number of nitrogens with zero attached hydrogens (tertiary/aromatic N) is 1. The highest BCUT2D eigenvalue weighted by molar-refractivity contribution is 9.09. The van der Waals surface area contributed by atoms with E-state index in [2.05, 4.69) is 21.4 Å². The molecule has 0 unspecified atom stereocenters. The van der Waals surface area contributed by atoms with Crippen LogP contribution in [0.2, 0.25) is 0 Å². The van der Waals surface area contributed by atoms with Crippen molar-refractivity contribution in [3.8, 4) is 0 Å². The molecule has 0 fully saturated rings. The van der Waals surface area contributed by atoms with Crippen molar-refractivity contribution in [3.05, 3.63) is 71.8 Å². The lowest BCUT2D eigenvalue weighted by Crippen LogP contribution is -2.55. The van der Waals surface area contributed by atoms with Gasteiger partial charge in [-0.05, 0) is 24.0 Å². The molecule has 8 nitrogen and oxygen atoms in total. The summed E-state index contributed by atoms with van der Waals surface area (Å²) in [6, 6.07) is 16.6. The van der Waals surface area contributed by atoms with Crippen molar-refractivity contribution in [3.63, 3.8) is 0 Å². The maximum absolute atomic E-state index is 12.6. The molecule has 2 N–H and O–H groups in total. The molecule has 0 spiro atoms. The Balaban J connectivity index is 2.05. The van der Waals surface area contributed by atoms with Crippen LogP contribution in [-0.4, -0.2) is 39.6 Å². The number of halogens is 1. The van der Waals surface area contributed by atoms with Crippen LogP contribution in [0.4, 0.5) is 9.59 Å². The number of hydrogen-bond donors (Lipinski definition) is 2. The molecule has 9 heteroatoms. The van der Waals surface area contributed by atoms with E-state index in [1.165, 1.54) is 0 Å². The molecule has 0 saturated heterocycles. The number of hydrogen-bond acceptors (Lipinski definition) is 5. The molecule has 2 aromatic rings. The maximum Gasteiger partial charge on any atom is 0.429 e. The predicted octanol–water partition coefficient (Wildman–Crippen LogP) is 4.09. The monoisotopic (exact) mass is 478 g/mol. The fourth-order valence-electron chi connectivity index (χ4n) is 2.53. The number of hydrazine groups is 1. The van der Waals surface area contributed by atoms with Gasteiger partial charge in [-0.1, -0.05) is 76.6 Å². The average molecular weight is 479 g/mol. The van der Waals surface area contributed by atoms with Crippen LogP contribution >= 0.6 is 15.9 Å². The Bertz CT molecular complexity index is 819. The largest absolute Gasteiger partial charge is 0.480 e. The molecule has 2 rings (SSSR count). The summed E-state index contributed by atoms with van der Waals surface area (Å²) >= 11 is 3.24. The fourth-order valence-corrected chi connectivity index (χ4v) is 2.85. The van der Waals surface area contributed by atoms with Crippen LogP contribution in [0.1, 0.15) is 24.0 Å². The second-order valence-electron chi connectivity index (χ2n) is 6.27. The molecule has 30 heavy (non-hydrogen) atoms. The van der Waals surface area contributed by atoms with E-state index in [4.69, 9.17) is 9.47 Å². The third-order valence-corrected chi connectivity index (χ3v) is 4.59. The quantitative estimate of drug-likeness (QED) is 0.415. The van der Waals surface area contributed by atoms with Gasteiger partial charge in [0.1, 0.15) is 13.2 Å². The summed E-state index contributed by atoms with van der Waals surface area (Å²) in [6.45, 7) is -0.0968. The van der Waals surface area contributed by atoms with Crippen molar-refractivity contribution in [2.75, 3.05) is 5.33 Å². The Morgan fingerprint density at radius 1 is 0.933 bits per heavy atom. The minimum atomic E-state index is -1.31. The fraction of sp³-hybridized carbons (Fsp3) is 0.286. The van der Waals surface area contributed by atoms with Crippen LogP contribution in [0.3, 0.4) is 0 Å². The topological polar surface area (TPSA) is 105 Å². The second-order valence-corrected chi connectivity index (χ2v) is 7.06. The zero-order valence-corrected chi connectivity index (χ0v) is 17.8. The first-order valence-electron chi connectivity index (χ1n) is 9.27. The third-order valence-electron chi connectivity index (χ3n) is 4.03. The second kappa shape index (κ2) is 12.5. The number of carbonyl (C=O) groups excluding carboxylic acids is 2. The van der Waals surface area contributed by atoms with Crippen molar-refractivity contribution in [2.24, 2.45) is 0 Å². The Hall–Kier alpha value is -3.07. The molecule has 0 aliphatic heterocycles. The number of carboxylic acids is 1. The van der Waals surface area contributed by atoms with Gasteiger partial charge in [0.05, 0.1) is 0 Å². The van der Waals surface area contributed by atoms with Crippen LogP contribution < -0.4 is 5.43 Å². The third kappa shape index (κ3) is 7.75. The molecule has 0 saturated carbocycles. The van der Waals surface area contributed by atoms with Crippen LogP contribution in [0, 0.1) is 0 Å². The average Bonchev–Trinajstić information content (AvgIpc) is 2.76. The lowest BCUT2D eigenvalue weighted by atomic mass is 10.1. The van der Waals surface area contributed by atoms with Crippen molar-refractivity contribution in [2.45, 2.75) is 32.1 Å². The molecule has 0 aromatic heterocycles. The van der Waals surface area contributed by atoms with Gasteiger partial charge in [-0.15, -0.1) is 0 Å². The van der Waals surface area contributed by atoms with Crippen molar-refractivity contribution in [1.82, 2.24) is 10.4 Å². The van der Waals surface area contributed by atoms with Crippen molar-refractivity contribution >= 4 is 34.1 Å². The first-order valence-corrected chi connectivity index (χ1v) is 10.4. The zero-order valence-electron chi connectivity index (χ0n) is 16.2. The van der Waals surface area contributed by atoms with Gasteiger partial charge < -0.3 is 14.6 Å². The van der Waals surface area contributed by atoms with E-state index in [1.807, 2.05) is 12.1 Å². The van der Waals surface area contributed by atoms with Crippen LogP contribution in [0.25, 0.3) is 0 Å². The maximum atomic E-state index is 12.6. The molecule has 0 aliphatic carbocycles. The minimum absolute atomic E-state index is 0.0291. The summed E-state index contributed by atoms with van der Waals surface area (Å²) in [6.07, 6.45) is -1.36. The van der Waals surface area contributed by atoms with E-state index < -0.39 is 24.2 Å². The molecule has 0 aliphatic rings. The molecule has 0 heterocycles. The van der Waals surface area contributed by atoms with Crippen molar-refractivity contribution in [1.29, 1.82) is 0 Å². The lowest BCUT2D eigenvalue weighted by Gasteiger charge is -2.27. The normalized spacial score (nSPS) is 11.2. The molecule has 160 valence electrons. The smallest absolute Gasteiger partial charge is 0.429 e. The zero-order chi connectivity index (χ0) is 21.8. The van der Waals surface area contributed by atoms with E-state index in [1.54, 1.807) is 48.5 Å². The number of rotatable bonds is 9. The SMILES string of the molecule is O=C(NN(C(=O)OCc1ccccc1)[C@@H](CCCBr)C(=O)O)OCc1ccccc1. The van der Waals surface area contributed by atoms with Gasteiger partial charge in [0.25, 0.3) is 0 Å². The van der Waals surface area contributed by atoms with E-state index in [0.29, 0.717) is 16.8 Å².